The van der Waals surface area contributed by atoms with E-state index < -0.39 is 0 Å². The summed E-state index contributed by atoms with van der Waals surface area (Å²) in [4.78, 5) is 0. The summed E-state index contributed by atoms with van der Waals surface area (Å²) < 4.78 is 12.5. The van der Waals surface area contributed by atoms with Crippen molar-refractivity contribution in [3.63, 3.8) is 0 Å². The molecule has 11 heavy (non-hydrogen) atoms. The van der Waals surface area contributed by atoms with Gasteiger partial charge in [-0.05, 0) is 24.6 Å². The van der Waals surface area contributed by atoms with Crippen molar-refractivity contribution in [2.75, 3.05) is 12.0 Å². The molecule has 0 spiro atoms. The van der Waals surface area contributed by atoms with Gasteiger partial charge in [0.1, 0.15) is 12.5 Å². The highest BCUT2D eigenvalue weighted by Crippen LogP contribution is 2.14. The number of rotatable bonds is 2. The third kappa shape index (κ3) is 1.91. The number of aliphatic hydroxyl groups is 1. The summed E-state index contributed by atoms with van der Waals surface area (Å²) >= 11 is 0. The minimum absolute atomic E-state index is 0.176. The number of hydrogen-bond acceptors (Lipinski definition) is 2. The maximum atomic E-state index is 12.5. The Morgan fingerprint density at radius 1 is 1.55 bits per heavy atom. The molecule has 0 atom stereocenters. The van der Waals surface area contributed by atoms with Gasteiger partial charge in [0.05, 0.1) is 0 Å². The molecule has 0 aliphatic rings. The Morgan fingerprint density at radius 2 is 2.27 bits per heavy atom. The van der Waals surface area contributed by atoms with Gasteiger partial charge in [-0.15, -0.1) is 0 Å². The van der Waals surface area contributed by atoms with Crippen molar-refractivity contribution in [3.8, 4) is 0 Å². The predicted octanol–water partition coefficient (Wildman–Crippen LogP) is 1.50. The standard InChI is InChI=1S/C8H10FNO/c1-6-2-3-7(9)4-8(6)10-5-11/h2-4,10-11H,5H2,1H3. The maximum Gasteiger partial charge on any atom is 0.125 e. The molecule has 0 aliphatic carbocycles. The fraction of sp³-hybridized carbons (Fsp3) is 0.250. The Morgan fingerprint density at radius 3 is 2.91 bits per heavy atom. The molecule has 0 saturated heterocycles. The second-order valence-electron chi connectivity index (χ2n) is 2.29. The van der Waals surface area contributed by atoms with Crippen molar-refractivity contribution < 1.29 is 9.50 Å². The molecule has 2 N–H and O–H groups in total. The molecule has 60 valence electrons. The summed E-state index contributed by atoms with van der Waals surface area (Å²) in [7, 11) is 0. The fourth-order valence-corrected chi connectivity index (χ4v) is 0.870. The second-order valence-corrected chi connectivity index (χ2v) is 2.29. The van der Waals surface area contributed by atoms with Gasteiger partial charge in [0.25, 0.3) is 0 Å². The number of benzene rings is 1. The predicted molar refractivity (Wildman–Crippen MR) is 41.8 cm³/mol. The molecule has 0 aliphatic heterocycles. The van der Waals surface area contributed by atoms with E-state index in [1.54, 1.807) is 6.07 Å². The number of aliphatic hydroxyl groups excluding tert-OH is 1. The third-order valence-electron chi connectivity index (χ3n) is 1.47. The highest BCUT2D eigenvalue weighted by atomic mass is 19.1. The van der Waals surface area contributed by atoms with Gasteiger partial charge in [-0.1, -0.05) is 6.07 Å². The minimum Gasteiger partial charge on any atom is -0.377 e. The molecule has 3 heteroatoms. The van der Waals surface area contributed by atoms with Crippen molar-refractivity contribution in [2.24, 2.45) is 0 Å². The van der Waals surface area contributed by atoms with E-state index in [0.717, 1.165) is 5.56 Å². The molecule has 0 radical (unpaired) electrons. The van der Waals surface area contributed by atoms with Gasteiger partial charge in [-0.3, -0.25) is 0 Å². The van der Waals surface area contributed by atoms with Gasteiger partial charge in [0.15, 0.2) is 0 Å². The van der Waals surface area contributed by atoms with Crippen LogP contribution in [0.25, 0.3) is 0 Å². The van der Waals surface area contributed by atoms with Crippen molar-refractivity contribution in [1.82, 2.24) is 0 Å². The molecule has 0 bridgehead atoms. The van der Waals surface area contributed by atoms with Crippen LogP contribution in [0.1, 0.15) is 5.56 Å². The van der Waals surface area contributed by atoms with E-state index in [9.17, 15) is 4.39 Å². The molecule has 0 amide bonds. The average Bonchev–Trinajstić information content (AvgIpc) is 1.98. The van der Waals surface area contributed by atoms with Crippen molar-refractivity contribution in [3.05, 3.63) is 29.6 Å². The van der Waals surface area contributed by atoms with Gasteiger partial charge in [0.2, 0.25) is 0 Å². The van der Waals surface area contributed by atoms with Crippen molar-refractivity contribution in [1.29, 1.82) is 0 Å². The minimum atomic E-state index is -0.299. The molecule has 0 aromatic heterocycles. The number of hydrogen-bond donors (Lipinski definition) is 2. The van der Waals surface area contributed by atoms with Crippen LogP contribution in [0.4, 0.5) is 10.1 Å². The normalized spacial score (nSPS) is 9.73. The number of halogens is 1. The summed E-state index contributed by atoms with van der Waals surface area (Å²) in [6.07, 6.45) is 0. The second kappa shape index (κ2) is 3.34. The van der Waals surface area contributed by atoms with E-state index in [4.69, 9.17) is 5.11 Å². The van der Waals surface area contributed by atoms with Crippen LogP contribution in [0.15, 0.2) is 18.2 Å². The van der Waals surface area contributed by atoms with Crippen LogP contribution < -0.4 is 5.32 Å². The Bertz CT molecular complexity index is 250. The molecule has 0 saturated carbocycles. The zero-order valence-electron chi connectivity index (χ0n) is 6.26. The molecular formula is C8H10FNO. The van der Waals surface area contributed by atoms with E-state index >= 15 is 0 Å². The average molecular weight is 155 g/mol. The molecule has 1 rings (SSSR count). The lowest BCUT2D eigenvalue weighted by Crippen LogP contribution is -2.01. The van der Waals surface area contributed by atoms with Crippen LogP contribution >= 0.6 is 0 Å². The van der Waals surface area contributed by atoms with E-state index in [-0.39, 0.29) is 12.5 Å². The zero-order valence-corrected chi connectivity index (χ0v) is 6.26. The Balaban J connectivity index is 2.93. The lowest BCUT2D eigenvalue weighted by Gasteiger charge is -2.05. The van der Waals surface area contributed by atoms with Gasteiger partial charge in [-0.2, -0.15) is 0 Å². The monoisotopic (exact) mass is 155 g/mol. The highest BCUT2D eigenvalue weighted by molar-refractivity contribution is 5.50. The lowest BCUT2D eigenvalue weighted by molar-refractivity contribution is 0.325. The molecule has 0 heterocycles. The Labute approximate surface area is 64.7 Å². The van der Waals surface area contributed by atoms with Crippen LogP contribution in [0.2, 0.25) is 0 Å². The van der Waals surface area contributed by atoms with Crippen LogP contribution in [-0.2, 0) is 0 Å². The SMILES string of the molecule is Cc1ccc(F)cc1NCO. The molecule has 1 aromatic rings. The van der Waals surface area contributed by atoms with E-state index in [1.165, 1.54) is 12.1 Å². The van der Waals surface area contributed by atoms with Crippen LogP contribution in [0.5, 0.6) is 0 Å². The Kier molecular flexibility index (Phi) is 2.44. The van der Waals surface area contributed by atoms with E-state index in [0.29, 0.717) is 5.69 Å². The summed E-state index contributed by atoms with van der Waals surface area (Å²) in [6, 6.07) is 4.40. The maximum absolute atomic E-state index is 12.5. The quantitative estimate of drug-likeness (QED) is 0.634. The molecular weight excluding hydrogens is 145 g/mol. The summed E-state index contributed by atoms with van der Waals surface area (Å²) in [5, 5.41) is 11.1. The van der Waals surface area contributed by atoms with Gasteiger partial charge >= 0.3 is 0 Å². The van der Waals surface area contributed by atoms with Gasteiger partial charge in [-0.25, -0.2) is 4.39 Å². The molecule has 1 aromatic carbocycles. The Hall–Kier alpha value is -1.09. The first-order chi connectivity index (χ1) is 5.24. The van der Waals surface area contributed by atoms with Crippen LogP contribution in [0.3, 0.4) is 0 Å². The summed E-state index contributed by atoms with van der Waals surface area (Å²) in [5.41, 5.74) is 1.55. The summed E-state index contributed by atoms with van der Waals surface area (Å²) in [6.45, 7) is 1.67. The third-order valence-corrected chi connectivity index (χ3v) is 1.47. The molecule has 0 fully saturated rings. The number of aryl methyl sites for hydroxylation is 1. The molecule has 2 nitrogen and oxygen atoms in total. The fourth-order valence-electron chi connectivity index (χ4n) is 0.870. The topological polar surface area (TPSA) is 32.3 Å². The highest BCUT2D eigenvalue weighted by Gasteiger charge is 1.97. The van der Waals surface area contributed by atoms with Gasteiger partial charge < -0.3 is 10.4 Å². The van der Waals surface area contributed by atoms with Crippen LogP contribution in [-0.4, -0.2) is 11.8 Å². The van der Waals surface area contributed by atoms with Crippen molar-refractivity contribution >= 4 is 5.69 Å². The van der Waals surface area contributed by atoms with Crippen molar-refractivity contribution in [2.45, 2.75) is 6.92 Å². The number of anilines is 1. The lowest BCUT2D eigenvalue weighted by atomic mass is 10.2. The van der Waals surface area contributed by atoms with Crippen LogP contribution in [0, 0.1) is 12.7 Å². The first-order valence-corrected chi connectivity index (χ1v) is 3.35. The van der Waals surface area contributed by atoms with Gasteiger partial charge in [0, 0.05) is 5.69 Å². The first kappa shape index (κ1) is 8.01. The number of nitrogens with one attached hydrogen (secondary N) is 1. The van der Waals surface area contributed by atoms with E-state index in [1.807, 2.05) is 6.92 Å². The smallest absolute Gasteiger partial charge is 0.125 e. The molecule has 0 unspecified atom stereocenters. The first-order valence-electron chi connectivity index (χ1n) is 3.35. The van der Waals surface area contributed by atoms with E-state index in [2.05, 4.69) is 5.32 Å². The zero-order chi connectivity index (χ0) is 8.27. The largest absolute Gasteiger partial charge is 0.377 e. The summed E-state index contributed by atoms with van der Waals surface area (Å²) in [5.74, 6) is -0.299.